The van der Waals surface area contributed by atoms with E-state index in [-0.39, 0.29) is 5.91 Å². The smallest absolute Gasteiger partial charge is 0.274 e. The van der Waals surface area contributed by atoms with Gasteiger partial charge in [-0.3, -0.25) is 13.8 Å². The number of nitrogens with zero attached hydrogens (tertiary/aromatic N) is 6. The third-order valence-corrected chi connectivity index (χ3v) is 5.04. The van der Waals surface area contributed by atoms with Gasteiger partial charge >= 0.3 is 0 Å². The molecular weight excluding hydrogens is 382 g/mol. The molecule has 30 heavy (non-hydrogen) atoms. The summed E-state index contributed by atoms with van der Waals surface area (Å²) in [5, 5.41) is 3.30. The van der Waals surface area contributed by atoms with Crippen molar-refractivity contribution in [1.82, 2.24) is 28.8 Å². The molecular formula is C21H21N7O2. The molecule has 9 nitrogen and oxygen atoms in total. The van der Waals surface area contributed by atoms with E-state index in [0.717, 1.165) is 17.0 Å². The van der Waals surface area contributed by atoms with Crippen LogP contribution in [-0.4, -0.2) is 61.0 Å². The number of carbonyl (C=O) groups is 1. The fourth-order valence-corrected chi connectivity index (χ4v) is 3.51. The molecule has 0 bridgehead atoms. The molecule has 5 heterocycles. The molecule has 1 aliphatic rings. The van der Waals surface area contributed by atoms with Gasteiger partial charge in [0.25, 0.3) is 5.91 Å². The van der Waals surface area contributed by atoms with Crippen LogP contribution in [0.1, 0.15) is 16.2 Å². The first-order valence-electron chi connectivity index (χ1n) is 9.82. The lowest BCUT2D eigenvalue weighted by Crippen LogP contribution is -2.40. The minimum absolute atomic E-state index is 0.0880. The molecule has 9 heteroatoms. The standard InChI is InChI=1S/C21H21N7O2/c29-20(26-9-11-30-12-10-26)17-14-27(15-24-17)21-25-16(18-5-2-4-8-28(18)21)13-23-19-6-1-3-7-22-19/h1-8,14-15H,9-13H2,(H,22,23). The average Bonchev–Trinajstić information content (AvgIpc) is 3.44. The predicted molar refractivity (Wildman–Crippen MR) is 111 cm³/mol. The molecule has 0 spiro atoms. The molecule has 0 unspecified atom stereocenters. The Balaban J connectivity index is 1.43. The maximum absolute atomic E-state index is 12.7. The molecule has 1 N–H and O–H groups in total. The number of imidazole rings is 2. The number of carbonyl (C=O) groups excluding carboxylic acids is 1. The van der Waals surface area contributed by atoms with E-state index in [1.54, 1.807) is 28.2 Å². The Labute approximate surface area is 173 Å². The first kappa shape index (κ1) is 18.3. The highest BCUT2D eigenvalue weighted by molar-refractivity contribution is 5.92. The van der Waals surface area contributed by atoms with E-state index in [0.29, 0.717) is 44.5 Å². The van der Waals surface area contributed by atoms with E-state index in [4.69, 9.17) is 9.72 Å². The van der Waals surface area contributed by atoms with E-state index in [1.807, 2.05) is 47.0 Å². The van der Waals surface area contributed by atoms with Gasteiger partial charge in [0.15, 0.2) is 0 Å². The zero-order valence-electron chi connectivity index (χ0n) is 16.3. The first-order chi connectivity index (χ1) is 14.8. The Kier molecular flexibility index (Phi) is 4.86. The van der Waals surface area contributed by atoms with Crippen LogP contribution in [0.5, 0.6) is 0 Å². The van der Waals surface area contributed by atoms with Crippen LogP contribution in [0, 0.1) is 0 Å². The second kappa shape index (κ2) is 7.96. The zero-order chi connectivity index (χ0) is 20.3. The monoisotopic (exact) mass is 403 g/mol. The predicted octanol–water partition coefficient (Wildman–Crippen LogP) is 2.00. The summed E-state index contributed by atoms with van der Waals surface area (Å²) in [5.41, 5.74) is 2.26. The van der Waals surface area contributed by atoms with Crippen molar-refractivity contribution in [3.05, 3.63) is 72.7 Å². The van der Waals surface area contributed by atoms with E-state index < -0.39 is 0 Å². The summed E-state index contributed by atoms with van der Waals surface area (Å²) in [6.45, 7) is 2.81. The summed E-state index contributed by atoms with van der Waals surface area (Å²) in [6.07, 6.45) is 7.06. The SMILES string of the molecule is O=C(c1cn(-c2nc(CNc3ccccn3)c3ccccn23)cn1)N1CCOCC1. The van der Waals surface area contributed by atoms with Gasteiger partial charge in [-0.15, -0.1) is 0 Å². The molecule has 1 fully saturated rings. The number of nitrogens with one attached hydrogen (secondary N) is 1. The summed E-state index contributed by atoms with van der Waals surface area (Å²) >= 11 is 0. The van der Waals surface area contributed by atoms with Crippen molar-refractivity contribution >= 4 is 17.2 Å². The molecule has 0 atom stereocenters. The minimum Gasteiger partial charge on any atom is -0.378 e. The van der Waals surface area contributed by atoms with Crippen LogP contribution in [0.25, 0.3) is 11.5 Å². The number of anilines is 1. The lowest BCUT2D eigenvalue weighted by Gasteiger charge is -2.25. The van der Waals surface area contributed by atoms with Crippen molar-refractivity contribution in [1.29, 1.82) is 0 Å². The number of aromatic nitrogens is 5. The van der Waals surface area contributed by atoms with E-state index in [2.05, 4.69) is 15.3 Å². The van der Waals surface area contributed by atoms with Gasteiger partial charge in [0.1, 0.15) is 17.8 Å². The highest BCUT2D eigenvalue weighted by Crippen LogP contribution is 2.18. The molecule has 1 aliphatic heterocycles. The summed E-state index contributed by atoms with van der Waals surface area (Å²) in [6, 6.07) is 11.7. The van der Waals surface area contributed by atoms with Crippen molar-refractivity contribution in [2.45, 2.75) is 6.54 Å². The van der Waals surface area contributed by atoms with Crippen molar-refractivity contribution in [3.63, 3.8) is 0 Å². The third kappa shape index (κ3) is 3.50. The molecule has 152 valence electrons. The van der Waals surface area contributed by atoms with Gasteiger partial charge in [0.2, 0.25) is 5.95 Å². The number of ether oxygens (including phenoxy) is 1. The van der Waals surface area contributed by atoms with E-state index in [1.165, 1.54) is 0 Å². The van der Waals surface area contributed by atoms with Crippen LogP contribution in [-0.2, 0) is 11.3 Å². The van der Waals surface area contributed by atoms with Gasteiger partial charge in [-0.1, -0.05) is 12.1 Å². The number of rotatable bonds is 5. The lowest BCUT2D eigenvalue weighted by atomic mass is 10.3. The van der Waals surface area contributed by atoms with E-state index >= 15 is 0 Å². The molecule has 1 amide bonds. The normalized spacial score (nSPS) is 14.2. The molecule has 5 rings (SSSR count). The van der Waals surface area contributed by atoms with Gasteiger partial charge in [0.05, 0.1) is 31.0 Å². The topological polar surface area (TPSA) is 89.6 Å². The average molecular weight is 403 g/mol. The number of hydrogen-bond acceptors (Lipinski definition) is 6. The van der Waals surface area contributed by atoms with Crippen molar-refractivity contribution in [2.24, 2.45) is 0 Å². The van der Waals surface area contributed by atoms with Gasteiger partial charge in [-0.2, -0.15) is 0 Å². The molecule has 1 saturated heterocycles. The van der Waals surface area contributed by atoms with E-state index in [9.17, 15) is 4.79 Å². The fourth-order valence-electron chi connectivity index (χ4n) is 3.51. The molecule has 4 aromatic heterocycles. The molecule has 0 saturated carbocycles. The van der Waals surface area contributed by atoms with Crippen molar-refractivity contribution in [2.75, 3.05) is 31.6 Å². The summed E-state index contributed by atoms with van der Waals surface area (Å²) < 4.78 is 9.09. The Morgan fingerprint density at radius 1 is 1.10 bits per heavy atom. The Morgan fingerprint density at radius 3 is 2.80 bits per heavy atom. The largest absolute Gasteiger partial charge is 0.378 e. The number of hydrogen-bond donors (Lipinski definition) is 1. The maximum atomic E-state index is 12.7. The number of morpholine rings is 1. The first-order valence-corrected chi connectivity index (χ1v) is 9.82. The quantitative estimate of drug-likeness (QED) is 0.548. The molecule has 0 radical (unpaired) electrons. The zero-order valence-corrected chi connectivity index (χ0v) is 16.3. The van der Waals surface area contributed by atoms with Crippen LogP contribution in [0.2, 0.25) is 0 Å². The highest BCUT2D eigenvalue weighted by Gasteiger charge is 2.21. The Bertz CT molecular complexity index is 1160. The molecule has 0 aliphatic carbocycles. The van der Waals surface area contributed by atoms with Crippen LogP contribution >= 0.6 is 0 Å². The van der Waals surface area contributed by atoms with Gasteiger partial charge in [0, 0.05) is 31.7 Å². The second-order valence-electron chi connectivity index (χ2n) is 6.95. The maximum Gasteiger partial charge on any atom is 0.274 e. The fraction of sp³-hybridized carbons (Fsp3) is 0.238. The van der Waals surface area contributed by atoms with Crippen LogP contribution in [0.3, 0.4) is 0 Å². The number of fused-ring (bicyclic) bond motifs is 1. The lowest BCUT2D eigenvalue weighted by molar-refractivity contribution is 0.0299. The Morgan fingerprint density at radius 2 is 1.97 bits per heavy atom. The van der Waals surface area contributed by atoms with Gasteiger partial charge < -0.3 is 15.0 Å². The second-order valence-corrected chi connectivity index (χ2v) is 6.95. The molecule has 4 aromatic rings. The molecule has 0 aromatic carbocycles. The van der Waals surface area contributed by atoms with Crippen LogP contribution in [0.15, 0.2) is 61.3 Å². The Hall–Kier alpha value is -3.72. The van der Waals surface area contributed by atoms with Gasteiger partial charge in [-0.05, 0) is 24.3 Å². The third-order valence-electron chi connectivity index (χ3n) is 5.04. The minimum atomic E-state index is -0.0880. The van der Waals surface area contributed by atoms with Gasteiger partial charge in [-0.25, -0.2) is 15.0 Å². The van der Waals surface area contributed by atoms with Crippen LogP contribution in [0.4, 0.5) is 5.82 Å². The summed E-state index contributed by atoms with van der Waals surface area (Å²) in [7, 11) is 0. The summed E-state index contributed by atoms with van der Waals surface area (Å²) in [5.74, 6) is 1.38. The number of pyridine rings is 2. The van der Waals surface area contributed by atoms with Crippen molar-refractivity contribution in [3.8, 4) is 5.95 Å². The highest BCUT2D eigenvalue weighted by atomic mass is 16.5. The van der Waals surface area contributed by atoms with Crippen LogP contribution < -0.4 is 5.32 Å². The summed E-state index contributed by atoms with van der Waals surface area (Å²) in [4.78, 5) is 27.9. The van der Waals surface area contributed by atoms with Crippen molar-refractivity contribution < 1.29 is 9.53 Å². The number of amides is 1.